The Morgan fingerprint density at radius 2 is 1.59 bits per heavy atom. The molecule has 0 unspecified atom stereocenters. The second-order valence-electron chi connectivity index (χ2n) is 5.76. The van der Waals surface area contributed by atoms with Gasteiger partial charge in [0.2, 0.25) is 0 Å². The Morgan fingerprint density at radius 3 is 2.19 bits per heavy atom. The van der Waals surface area contributed by atoms with Gasteiger partial charge in [-0.1, -0.05) is 29.8 Å². The lowest BCUT2D eigenvalue weighted by atomic mass is 10.2. The number of nitrogens with zero attached hydrogens (tertiary/aromatic N) is 1. The predicted molar refractivity (Wildman–Crippen MR) is 104 cm³/mol. The summed E-state index contributed by atoms with van der Waals surface area (Å²) in [5.41, 5.74) is 1.10. The summed E-state index contributed by atoms with van der Waals surface area (Å²) in [7, 11) is -2.40. The van der Waals surface area contributed by atoms with Gasteiger partial charge < -0.3 is 4.74 Å². The number of ether oxygens (including phenoxy) is 1. The minimum atomic E-state index is -3.94. The van der Waals surface area contributed by atoms with Gasteiger partial charge in [0.05, 0.1) is 24.2 Å². The summed E-state index contributed by atoms with van der Waals surface area (Å²) in [5.74, 6) is 0.103. The normalized spacial score (nSPS) is 11.2. The van der Waals surface area contributed by atoms with Crippen LogP contribution in [0.5, 0.6) is 5.75 Å². The maximum Gasteiger partial charge on any atom is 0.264 e. The van der Waals surface area contributed by atoms with Crippen LogP contribution in [-0.2, 0) is 16.6 Å². The predicted octanol–water partition coefficient (Wildman–Crippen LogP) is 4.88. The van der Waals surface area contributed by atoms with E-state index in [-0.39, 0.29) is 11.4 Å². The lowest BCUT2D eigenvalue weighted by Gasteiger charge is -2.25. The molecule has 3 aromatic carbocycles. The van der Waals surface area contributed by atoms with Crippen LogP contribution in [0.3, 0.4) is 0 Å². The van der Waals surface area contributed by atoms with E-state index in [2.05, 4.69) is 0 Å². The Morgan fingerprint density at radius 1 is 0.963 bits per heavy atom. The molecule has 3 rings (SSSR count). The topological polar surface area (TPSA) is 46.6 Å². The molecule has 0 bridgehead atoms. The largest absolute Gasteiger partial charge is 0.497 e. The molecule has 140 valence electrons. The Bertz CT molecular complexity index is 1020. The fraction of sp³-hybridized carbons (Fsp3) is 0.100. The molecule has 0 heterocycles. The van der Waals surface area contributed by atoms with Crippen LogP contribution in [0.25, 0.3) is 0 Å². The highest BCUT2D eigenvalue weighted by atomic mass is 35.5. The minimum absolute atomic E-state index is 0.00762. The van der Waals surface area contributed by atoms with Crippen molar-refractivity contribution in [2.24, 2.45) is 0 Å². The van der Waals surface area contributed by atoms with Gasteiger partial charge in [0, 0.05) is 5.02 Å². The Hall–Kier alpha value is -2.57. The van der Waals surface area contributed by atoms with Crippen molar-refractivity contribution in [2.75, 3.05) is 11.4 Å². The first-order chi connectivity index (χ1) is 12.9. The third kappa shape index (κ3) is 4.23. The fourth-order valence-corrected chi connectivity index (χ4v) is 4.22. The number of halogens is 2. The highest BCUT2D eigenvalue weighted by Gasteiger charge is 2.26. The summed E-state index contributed by atoms with van der Waals surface area (Å²) in [5, 5.41) is 0.463. The van der Waals surface area contributed by atoms with Crippen molar-refractivity contribution in [1.29, 1.82) is 0 Å². The van der Waals surface area contributed by atoms with Crippen LogP contribution in [-0.4, -0.2) is 15.5 Å². The number of benzene rings is 3. The maximum atomic E-state index is 13.2. The molecule has 0 spiro atoms. The molecule has 0 saturated heterocycles. The second-order valence-corrected chi connectivity index (χ2v) is 8.02. The van der Waals surface area contributed by atoms with Crippen LogP contribution in [0.2, 0.25) is 5.02 Å². The van der Waals surface area contributed by atoms with E-state index in [0.717, 1.165) is 12.1 Å². The molecule has 0 amide bonds. The third-order valence-corrected chi connectivity index (χ3v) is 6.19. The zero-order chi connectivity index (χ0) is 19.4. The summed E-state index contributed by atoms with van der Waals surface area (Å²) in [4.78, 5) is -0.00762. The molecule has 0 N–H and O–H groups in total. The van der Waals surface area contributed by atoms with Gasteiger partial charge >= 0.3 is 0 Å². The Labute approximate surface area is 162 Å². The summed E-state index contributed by atoms with van der Waals surface area (Å²) >= 11 is 6.23. The zero-order valence-corrected chi connectivity index (χ0v) is 16.0. The van der Waals surface area contributed by atoms with Crippen LogP contribution in [0.15, 0.2) is 77.7 Å². The summed E-state index contributed by atoms with van der Waals surface area (Å²) < 4.78 is 46.1. The summed E-state index contributed by atoms with van der Waals surface area (Å²) in [6, 6.07) is 18.4. The van der Waals surface area contributed by atoms with E-state index in [1.165, 1.54) is 23.5 Å². The minimum Gasteiger partial charge on any atom is -0.497 e. The highest BCUT2D eigenvalue weighted by molar-refractivity contribution is 7.92. The molecular weight excluding hydrogens is 389 g/mol. The average molecular weight is 406 g/mol. The van der Waals surface area contributed by atoms with Gasteiger partial charge in [0.25, 0.3) is 10.0 Å². The number of sulfonamides is 1. The summed E-state index contributed by atoms with van der Waals surface area (Å²) in [6.07, 6.45) is 0. The van der Waals surface area contributed by atoms with E-state index >= 15 is 0 Å². The summed E-state index contributed by atoms with van der Waals surface area (Å²) in [6.45, 7) is 0.0334. The van der Waals surface area contributed by atoms with Crippen LogP contribution in [0, 0.1) is 5.82 Å². The van der Waals surface area contributed by atoms with E-state index in [9.17, 15) is 12.8 Å². The molecule has 0 aliphatic carbocycles. The molecule has 0 saturated carbocycles. The van der Waals surface area contributed by atoms with Gasteiger partial charge in [-0.15, -0.1) is 0 Å². The van der Waals surface area contributed by atoms with Crippen LogP contribution >= 0.6 is 11.6 Å². The molecule has 0 aromatic heterocycles. The number of hydrogen-bond donors (Lipinski definition) is 0. The highest BCUT2D eigenvalue weighted by Crippen LogP contribution is 2.29. The van der Waals surface area contributed by atoms with E-state index in [1.807, 2.05) is 0 Å². The molecule has 0 fully saturated rings. The third-order valence-electron chi connectivity index (χ3n) is 4.03. The van der Waals surface area contributed by atoms with Gasteiger partial charge in [-0.2, -0.15) is 0 Å². The van der Waals surface area contributed by atoms with E-state index in [0.29, 0.717) is 22.0 Å². The van der Waals surface area contributed by atoms with Crippen LogP contribution in [0.1, 0.15) is 5.56 Å². The number of rotatable bonds is 6. The number of hydrogen-bond acceptors (Lipinski definition) is 3. The number of anilines is 1. The second kappa shape index (κ2) is 7.98. The van der Waals surface area contributed by atoms with Crippen molar-refractivity contribution in [3.05, 3.63) is 89.2 Å². The maximum absolute atomic E-state index is 13.2. The van der Waals surface area contributed by atoms with Gasteiger partial charge in [-0.05, 0) is 60.2 Å². The molecule has 4 nitrogen and oxygen atoms in total. The van der Waals surface area contributed by atoms with Crippen molar-refractivity contribution in [2.45, 2.75) is 11.4 Å². The van der Waals surface area contributed by atoms with Crippen molar-refractivity contribution in [1.82, 2.24) is 0 Å². The first-order valence-electron chi connectivity index (χ1n) is 8.07. The van der Waals surface area contributed by atoms with Crippen LogP contribution in [0.4, 0.5) is 10.1 Å². The molecule has 0 aliphatic heterocycles. The lowest BCUT2D eigenvalue weighted by molar-refractivity contribution is 0.415. The fourth-order valence-electron chi connectivity index (χ4n) is 2.58. The molecule has 0 atom stereocenters. The van der Waals surface area contributed by atoms with Gasteiger partial charge in [-0.3, -0.25) is 4.31 Å². The first kappa shape index (κ1) is 19.2. The lowest BCUT2D eigenvalue weighted by Crippen LogP contribution is -2.30. The van der Waals surface area contributed by atoms with Crippen LogP contribution < -0.4 is 9.04 Å². The molecule has 27 heavy (non-hydrogen) atoms. The number of methoxy groups -OCH3 is 1. The van der Waals surface area contributed by atoms with Crippen molar-refractivity contribution >= 4 is 27.3 Å². The first-order valence-corrected chi connectivity index (χ1v) is 9.89. The molecular formula is C20H17ClFNO3S. The zero-order valence-electron chi connectivity index (χ0n) is 14.5. The quantitative estimate of drug-likeness (QED) is 0.587. The van der Waals surface area contributed by atoms with E-state index < -0.39 is 15.8 Å². The molecule has 0 radical (unpaired) electrons. The Kier molecular flexibility index (Phi) is 5.68. The van der Waals surface area contributed by atoms with E-state index in [4.69, 9.17) is 16.3 Å². The van der Waals surface area contributed by atoms with Crippen molar-refractivity contribution in [3.8, 4) is 5.75 Å². The van der Waals surface area contributed by atoms with Gasteiger partial charge in [0.1, 0.15) is 11.6 Å². The van der Waals surface area contributed by atoms with Crippen molar-refractivity contribution in [3.63, 3.8) is 0 Å². The van der Waals surface area contributed by atoms with Gasteiger partial charge in [0.15, 0.2) is 0 Å². The van der Waals surface area contributed by atoms with E-state index in [1.54, 1.807) is 48.5 Å². The average Bonchev–Trinajstić information content (AvgIpc) is 2.68. The SMILES string of the molecule is COc1ccc(N(Cc2ccccc2Cl)S(=O)(=O)c2ccc(F)cc2)cc1. The molecule has 7 heteroatoms. The van der Waals surface area contributed by atoms with Gasteiger partial charge in [-0.25, -0.2) is 12.8 Å². The smallest absolute Gasteiger partial charge is 0.264 e. The molecule has 0 aliphatic rings. The standard InChI is InChI=1S/C20H17ClFNO3S/c1-26-18-10-8-17(9-11-18)23(14-15-4-2-3-5-20(15)21)27(24,25)19-12-6-16(22)7-13-19/h2-13H,14H2,1H3. The molecule has 3 aromatic rings. The Balaban J connectivity index is 2.08. The van der Waals surface area contributed by atoms with Crippen molar-refractivity contribution < 1.29 is 17.5 Å². The monoisotopic (exact) mass is 405 g/mol.